The Morgan fingerprint density at radius 3 is 2.53 bits per heavy atom. The van der Waals surface area contributed by atoms with Crippen molar-refractivity contribution in [3.8, 4) is 0 Å². The fourth-order valence-electron chi connectivity index (χ4n) is 2.27. The molecule has 2 nitrogen and oxygen atoms in total. The van der Waals surface area contributed by atoms with E-state index in [9.17, 15) is 9.90 Å². The Morgan fingerprint density at radius 1 is 1.24 bits per heavy atom. The highest BCUT2D eigenvalue weighted by Crippen LogP contribution is 2.28. The van der Waals surface area contributed by atoms with Crippen LogP contribution in [0.1, 0.15) is 67.8 Å². The van der Waals surface area contributed by atoms with Gasteiger partial charge in [0.2, 0.25) is 0 Å². The number of aromatic carboxylic acids is 1. The maximum absolute atomic E-state index is 11.2. The Kier molecular flexibility index (Phi) is 5.75. The Balaban J connectivity index is 2.83. The zero-order valence-electron chi connectivity index (χ0n) is 10.8. The van der Waals surface area contributed by atoms with Crippen LogP contribution in [-0.4, -0.2) is 11.1 Å². The SMILES string of the molecule is CCCCCC(CC)c1ccccc1C(=O)O. The molecule has 1 N–H and O–H groups in total. The van der Waals surface area contributed by atoms with E-state index in [1.165, 1.54) is 19.3 Å². The first-order chi connectivity index (χ1) is 8.20. The van der Waals surface area contributed by atoms with Crippen LogP contribution in [0.25, 0.3) is 0 Å². The van der Waals surface area contributed by atoms with Crippen LogP contribution in [0.15, 0.2) is 24.3 Å². The minimum absolute atomic E-state index is 0.383. The van der Waals surface area contributed by atoms with E-state index in [1.54, 1.807) is 12.1 Å². The van der Waals surface area contributed by atoms with Gasteiger partial charge >= 0.3 is 5.97 Å². The van der Waals surface area contributed by atoms with Crippen LogP contribution in [0.3, 0.4) is 0 Å². The molecule has 0 aliphatic carbocycles. The van der Waals surface area contributed by atoms with Gasteiger partial charge in [0.05, 0.1) is 5.56 Å². The van der Waals surface area contributed by atoms with E-state index in [1.807, 2.05) is 12.1 Å². The lowest BCUT2D eigenvalue weighted by molar-refractivity contribution is 0.0695. The lowest BCUT2D eigenvalue weighted by atomic mass is 9.88. The normalized spacial score (nSPS) is 12.4. The molecule has 1 unspecified atom stereocenters. The first kappa shape index (κ1) is 13.8. The number of unbranched alkanes of at least 4 members (excludes halogenated alkanes) is 2. The van der Waals surface area contributed by atoms with Gasteiger partial charge in [0.1, 0.15) is 0 Å². The molecular weight excluding hydrogens is 212 g/mol. The maximum atomic E-state index is 11.2. The molecule has 17 heavy (non-hydrogen) atoms. The number of carboxylic acids is 1. The second-order valence-electron chi connectivity index (χ2n) is 4.49. The second-order valence-corrected chi connectivity index (χ2v) is 4.49. The van der Waals surface area contributed by atoms with E-state index in [0.717, 1.165) is 18.4 Å². The Hall–Kier alpha value is -1.31. The molecule has 0 aromatic heterocycles. The number of carboxylic acid groups (broad SMARTS) is 1. The lowest BCUT2D eigenvalue weighted by Crippen LogP contribution is -2.07. The van der Waals surface area contributed by atoms with Crippen molar-refractivity contribution in [2.24, 2.45) is 0 Å². The van der Waals surface area contributed by atoms with Crippen LogP contribution in [0, 0.1) is 0 Å². The lowest BCUT2D eigenvalue weighted by Gasteiger charge is -2.17. The first-order valence-electron chi connectivity index (χ1n) is 6.52. The van der Waals surface area contributed by atoms with Gasteiger partial charge in [-0.2, -0.15) is 0 Å². The molecule has 1 atom stereocenters. The van der Waals surface area contributed by atoms with Gasteiger partial charge < -0.3 is 5.11 Å². The molecule has 0 fully saturated rings. The summed E-state index contributed by atoms with van der Waals surface area (Å²) in [6, 6.07) is 7.40. The molecule has 2 heteroatoms. The van der Waals surface area contributed by atoms with Crippen LogP contribution in [0.5, 0.6) is 0 Å². The Bertz CT molecular complexity index is 358. The van der Waals surface area contributed by atoms with Crippen LogP contribution in [0.4, 0.5) is 0 Å². The van der Waals surface area contributed by atoms with Crippen LogP contribution in [0.2, 0.25) is 0 Å². The molecule has 0 radical (unpaired) electrons. The van der Waals surface area contributed by atoms with Crippen molar-refractivity contribution in [3.05, 3.63) is 35.4 Å². The largest absolute Gasteiger partial charge is 0.478 e. The van der Waals surface area contributed by atoms with Gasteiger partial charge in [0.25, 0.3) is 0 Å². The van der Waals surface area contributed by atoms with E-state index in [0.29, 0.717) is 11.5 Å². The quantitative estimate of drug-likeness (QED) is 0.707. The van der Waals surface area contributed by atoms with Gasteiger partial charge in [-0.25, -0.2) is 4.79 Å². The molecule has 0 aliphatic rings. The third-order valence-electron chi connectivity index (χ3n) is 3.28. The molecular formula is C15H22O2. The molecule has 1 rings (SSSR count). The summed E-state index contributed by atoms with van der Waals surface area (Å²) >= 11 is 0. The fourth-order valence-corrected chi connectivity index (χ4v) is 2.27. The standard InChI is InChI=1S/C15H22O2/c1-3-5-6-9-12(4-2)13-10-7-8-11-14(13)15(16)17/h7-8,10-12H,3-6,9H2,1-2H3,(H,16,17). The zero-order valence-corrected chi connectivity index (χ0v) is 10.8. The zero-order chi connectivity index (χ0) is 12.7. The van der Waals surface area contributed by atoms with E-state index in [4.69, 9.17) is 0 Å². The minimum atomic E-state index is -0.811. The van der Waals surface area contributed by atoms with Crippen LogP contribution >= 0.6 is 0 Å². The molecule has 0 aliphatic heterocycles. The van der Waals surface area contributed by atoms with Crippen molar-refractivity contribution in [2.75, 3.05) is 0 Å². The van der Waals surface area contributed by atoms with Gasteiger partial charge in [0, 0.05) is 0 Å². The fraction of sp³-hybridized carbons (Fsp3) is 0.533. The van der Waals surface area contributed by atoms with Crippen molar-refractivity contribution in [1.82, 2.24) is 0 Å². The summed E-state index contributed by atoms with van der Waals surface area (Å²) in [5, 5.41) is 9.18. The number of rotatable bonds is 7. The molecule has 0 bridgehead atoms. The number of hydrogen-bond donors (Lipinski definition) is 1. The monoisotopic (exact) mass is 234 g/mol. The second kappa shape index (κ2) is 7.10. The summed E-state index contributed by atoms with van der Waals surface area (Å²) in [6.45, 7) is 4.32. The van der Waals surface area contributed by atoms with E-state index >= 15 is 0 Å². The summed E-state index contributed by atoms with van der Waals surface area (Å²) in [4.78, 5) is 11.2. The summed E-state index contributed by atoms with van der Waals surface area (Å²) < 4.78 is 0. The molecule has 0 saturated heterocycles. The molecule has 1 aromatic rings. The molecule has 0 saturated carbocycles. The van der Waals surface area contributed by atoms with E-state index < -0.39 is 5.97 Å². The predicted octanol–water partition coefficient (Wildman–Crippen LogP) is 4.46. The molecule has 0 amide bonds. The van der Waals surface area contributed by atoms with Crippen LogP contribution < -0.4 is 0 Å². The number of carbonyl (C=O) groups is 1. The number of benzene rings is 1. The maximum Gasteiger partial charge on any atom is 0.335 e. The highest BCUT2D eigenvalue weighted by Gasteiger charge is 2.16. The van der Waals surface area contributed by atoms with Crippen molar-refractivity contribution in [2.45, 2.75) is 51.9 Å². The smallest absolute Gasteiger partial charge is 0.335 e. The third-order valence-corrected chi connectivity index (χ3v) is 3.28. The highest BCUT2D eigenvalue weighted by atomic mass is 16.4. The molecule has 0 spiro atoms. The Morgan fingerprint density at radius 2 is 1.94 bits per heavy atom. The molecule has 0 heterocycles. The average Bonchev–Trinajstić information content (AvgIpc) is 2.35. The average molecular weight is 234 g/mol. The van der Waals surface area contributed by atoms with Gasteiger partial charge in [0.15, 0.2) is 0 Å². The summed E-state index contributed by atoms with van der Waals surface area (Å²) in [5.74, 6) is -0.427. The van der Waals surface area contributed by atoms with Crippen LogP contribution in [-0.2, 0) is 0 Å². The molecule has 94 valence electrons. The van der Waals surface area contributed by atoms with Crippen molar-refractivity contribution < 1.29 is 9.90 Å². The van der Waals surface area contributed by atoms with Gasteiger partial charge in [-0.3, -0.25) is 0 Å². The van der Waals surface area contributed by atoms with Crippen molar-refractivity contribution in [3.63, 3.8) is 0 Å². The van der Waals surface area contributed by atoms with Gasteiger partial charge in [-0.1, -0.05) is 51.3 Å². The molecule has 1 aromatic carbocycles. The number of hydrogen-bond acceptors (Lipinski definition) is 1. The third kappa shape index (κ3) is 3.88. The predicted molar refractivity (Wildman–Crippen MR) is 70.6 cm³/mol. The summed E-state index contributed by atoms with van der Waals surface area (Å²) in [5.41, 5.74) is 1.47. The van der Waals surface area contributed by atoms with Crippen molar-refractivity contribution >= 4 is 5.97 Å². The highest BCUT2D eigenvalue weighted by molar-refractivity contribution is 5.89. The van der Waals surface area contributed by atoms with Gasteiger partial charge in [-0.15, -0.1) is 0 Å². The summed E-state index contributed by atoms with van der Waals surface area (Å²) in [7, 11) is 0. The van der Waals surface area contributed by atoms with Gasteiger partial charge in [-0.05, 0) is 30.4 Å². The minimum Gasteiger partial charge on any atom is -0.478 e. The topological polar surface area (TPSA) is 37.3 Å². The van der Waals surface area contributed by atoms with E-state index in [2.05, 4.69) is 13.8 Å². The van der Waals surface area contributed by atoms with Crippen molar-refractivity contribution in [1.29, 1.82) is 0 Å². The summed E-state index contributed by atoms with van der Waals surface area (Å²) in [6.07, 6.45) is 5.72. The first-order valence-corrected chi connectivity index (χ1v) is 6.52. The van der Waals surface area contributed by atoms with E-state index in [-0.39, 0.29) is 0 Å². The Labute approximate surface area is 104 Å².